The average molecular weight is 475 g/mol. The standard InChI is InChI=1S/C33H46O2/c1-3-5-6-7-8-9-10-11-12-26-13-15-27(16-14-26)28-17-19-29(20-18-28)30-21-23-31(24-22-30)33(35)25-32(34)4-2/h17-24,26-27H,3-16,25H2,1-2H3. The van der Waals surface area contributed by atoms with Crippen LogP contribution in [0.1, 0.15) is 132 Å². The van der Waals surface area contributed by atoms with Crippen LogP contribution < -0.4 is 0 Å². The average Bonchev–Trinajstić information content (AvgIpc) is 2.90. The van der Waals surface area contributed by atoms with E-state index in [2.05, 4.69) is 31.2 Å². The Labute approximate surface area is 213 Å². The van der Waals surface area contributed by atoms with E-state index in [-0.39, 0.29) is 18.0 Å². The quantitative estimate of drug-likeness (QED) is 0.146. The lowest BCUT2D eigenvalue weighted by molar-refractivity contribution is -0.117. The first-order valence-corrected chi connectivity index (χ1v) is 14.4. The van der Waals surface area contributed by atoms with Gasteiger partial charge in [-0.1, -0.05) is 120 Å². The maximum Gasteiger partial charge on any atom is 0.170 e. The van der Waals surface area contributed by atoms with Crippen molar-refractivity contribution < 1.29 is 9.59 Å². The molecule has 1 aliphatic carbocycles. The predicted octanol–water partition coefficient (Wildman–Crippen LogP) is 9.71. The smallest absolute Gasteiger partial charge is 0.170 e. The number of rotatable bonds is 15. The Hall–Kier alpha value is -2.22. The van der Waals surface area contributed by atoms with Gasteiger partial charge in [0.25, 0.3) is 0 Å². The first kappa shape index (κ1) is 27.4. The largest absolute Gasteiger partial charge is 0.299 e. The third-order valence-electron chi connectivity index (χ3n) is 7.99. The van der Waals surface area contributed by atoms with E-state index in [9.17, 15) is 9.59 Å². The fourth-order valence-corrected chi connectivity index (χ4v) is 5.55. The van der Waals surface area contributed by atoms with Crippen molar-refractivity contribution in [2.24, 2.45) is 5.92 Å². The van der Waals surface area contributed by atoms with Crippen LogP contribution in [0.2, 0.25) is 0 Å². The molecule has 1 aliphatic rings. The second-order valence-electron chi connectivity index (χ2n) is 10.7. The zero-order valence-electron chi connectivity index (χ0n) is 22.2. The van der Waals surface area contributed by atoms with Crippen LogP contribution in [0, 0.1) is 5.92 Å². The molecule has 1 saturated carbocycles. The molecule has 0 bridgehead atoms. The molecule has 190 valence electrons. The number of carbonyl (C=O) groups excluding carboxylic acids is 2. The van der Waals surface area contributed by atoms with E-state index in [0.29, 0.717) is 17.9 Å². The zero-order valence-corrected chi connectivity index (χ0v) is 22.2. The summed E-state index contributed by atoms with van der Waals surface area (Å²) in [5.41, 5.74) is 4.39. The molecule has 2 aromatic carbocycles. The Morgan fingerprint density at radius 2 is 1.23 bits per heavy atom. The second kappa shape index (κ2) is 15.0. The molecule has 0 unspecified atom stereocenters. The van der Waals surface area contributed by atoms with Crippen molar-refractivity contribution in [3.05, 3.63) is 59.7 Å². The van der Waals surface area contributed by atoms with Crippen LogP contribution in [0.15, 0.2) is 48.5 Å². The van der Waals surface area contributed by atoms with Gasteiger partial charge in [0.2, 0.25) is 0 Å². The Morgan fingerprint density at radius 3 is 1.80 bits per heavy atom. The Kier molecular flexibility index (Phi) is 11.7. The normalized spacial score (nSPS) is 17.9. The van der Waals surface area contributed by atoms with Crippen LogP contribution in [0.25, 0.3) is 11.1 Å². The SMILES string of the molecule is CCCCCCCCCCC1CCC(c2ccc(-c3ccc(C(=O)CC(=O)CC)cc3)cc2)CC1. The second-order valence-corrected chi connectivity index (χ2v) is 10.7. The number of Topliss-reactive ketones (excluding diaryl/α,β-unsaturated/α-hetero) is 2. The van der Waals surface area contributed by atoms with Gasteiger partial charge in [-0.25, -0.2) is 0 Å². The lowest BCUT2D eigenvalue weighted by atomic mass is 9.77. The molecule has 0 spiro atoms. The monoisotopic (exact) mass is 474 g/mol. The Bertz CT molecular complexity index is 886. The third kappa shape index (κ3) is 9.06. The molecule has 0 heterocycles. The number of hydrogen-bond donors (Lipinski definition) is 0. The van der Waals surface area contributed by atoms with E-state index >= 15 is 0 Å². The number of benzene rings is 2. The molecule has 2 aromatic rings. The Morgan fingerprint density at radius 1 is 0.686 bits per heavy atom. The minimum atomic E-state index is -0.0863. The summed E-state index contributed by atoms with van der Waals surface area (Å²) in [5.74, 6) is 1.56. The van der Waals surface area contributed by atoms with Crippen LogP contribution in [-0.2, 0) is 4.79 Å². The molecule has 0 aliphatic heterocycles. The summed E-state index contributed by atoms with van der Waals surface area (Å²) in [6.07, 6.45) is 18.6. The summed E-state index contributed by atoms with van der Waals surface area (Å²) in [7, 11) is 0. The van der Waals surface area contributed by atoms with E-state index in [0.717, 1.165) is 11.5 Å². The fraction of sp³-hybridized carbons (Fsp3) is 0.576. The number of hydrogen-bond acceptors (Lipinski definition) is 2. The number of unbranched alkanes of at least 4 members (excludes halogenated alkanes) is 7. The van der Waals surface area contributed by atoms with E-state index in [4.69, 9.17) is 0 Å². The van der Waals surface area contributed by atoms with Gasteiger partial charge in [0, 0.05) is 12.0 Å². The molecule has 1 fully saturated rings. The highest BCUT2D eigenvalue weighted by Gasteiger charge is 2.22. The molecule has 0 saturated heterocycles. The van der Waals surface area contributed by atoms with Gasteiger partial charge in [0.15, 0.2) is 5.78 Å². The molecule has 35 heavy (non-hydrogen) atoms. The third-order valence-corrected chi connectivity index (χ3v) is 7.99. The maximum atomic E-state index is 12.2. The van der Waals surface area contributed by atoms with E-state index < -0.39 is 0 Å². The summed E-state index contributed by atoms with van der Waals surface area (Å²) in [4.78, 5) is 23.8. The van der Waals surface area contributed by atoms with Crippen molar-refractivity contribution in [3.8, 4) is 11.1 Å². The minimum absolute atomic E-state index is 0.00290. The van der Waals surface area contributed by atoms with Crippen molar-refractivity contribution in [2.75, 3.05) is 0 Å². The first-order chi connectivity index (χ1) is 17.1. The van der Waals surface area contributed by atoms with Crippen molar-refractivity contribution in [3.63, 3.8) is 0 Å². The summed E-state index contributed by atoms with van der Waals surface area (Å²) >= 11 is 0. The van der Waals surface area contributed by atoms with Crippen molar-refractivity contribution in [1.29, 1.82) is 0 Å². The van der Waals surface area contributed by atoms with Gasteiger partial charge in [-0.2, -0.15) is 0 Å². The van der Waals surface area contributed by atoms with Crippen LogP contribution in [0.5, 0.6) is 0 Å². The predicted molar refractivity (Wildman–Crippen MR) is 148 cm³/mol. The number of ketones is 2. The molecule has 2 nitrogen and oxygen atoms in total. The van der Waals surface area contributed by atoms with Gasteiger partial charge in [-0.15, -0.1) is 0 Å². The molecular formula is C33H46O2. The van der Waals surface area contributed by atoms with Crippen LogP contribution >= 0.6 is 0 Å². The molecule has 0 N–H and O–H groups in total. The summed E-state index contributed by atoms with van der Waals surface area (Å²) in [6.45, 7) is 4.09. The van der Waals surface area contributed by atoms with E-state index in [1.54, 1.807) is 6.92 Å². The topological polar surface area (TPSA) is 34.1 Å². The maximum absolute atomic E-state index is 12.2. The number of carbonyl (C=O) groups is 2. The first-order valence-electron chi connectivity index (χ1n) is 14.4. The molecule has 0 atom stereocenters. The van der Waals surface area contributed by atoms with Crippen molar-refractivity contribution >= 4 is 11.6 Å². The van der Waals surface area contributed by atoms with Crippen LogP contribution in [0.4, 0.5) is 0 Å². The lowest BCUT2D eigenvalue weighted by Gasteiger charge is -2.29. The molecule has 3 rings (SSSR count). The molecule has 0 aromatic heterocycles. The van der Waals surface area contributed by atoms with Gasteiger partial charge < -0.3 is 0 Å². The molecular weight excluding hydrogens is 428 g/mol. The fourth-order valence-electron chi connectivity index (χ4n) is 5.55. The van der Waals surface area contributed by atoms with Crippen LogP contribution in [0.3, 0.4) is 0 Å². The van der Waals surface area contributed by atoms with Gasteiger partial charge in [0.1, 0.15) is 5.78 Å². The van der Waals surface area contributed by atoms with Crippen LogP contribution in [-0.4, -0.2) is 11.6 Å². The summed E-state index contributed by atoms with van der Waals surface area (Å²) in [5, 5.41) is 0. The summed E-state index contributed by atoms with van der Waals surface area (Å²) < 4.78 is 0. The van der Waals surface area contributed by atoms with Gasteiger partial charge in [0.05, 0.1) is 6.42 Å². The lowest BCUT2D eigenvalue weighted by Crippen LogP contribution is -2.13. The molecule has 0 radical (unpaired) electrons. The highest BCUT2D eigenvalue weighted by atomic mass is 16.1. The van der Waals surface area contributed by atoms with Crippen molar-refractivity contribution in [2.45, 2.75) is 116 Å². The summed E-state index contributed by atoms with van der Waals surface area (Å²) in [6, 6.07) is 16.7. The highest BCUT2D eigenvalue weighted by Crippen LogP contribution is 2.38. The molecule has 0 amide bonds. The van der Waals surface area contributed by atoms with Gasteiger partial charge in [-0.05, 0) is 54.2 Å². The zero-order chi connectivity index (χ0) is 24.9. The van der Waals surface area contributed by atoms with E-state index in [1.807, 2.05) is 24.3 Å². The van der Waals surface area contributed by atoms with Gasteiger partial charge >= 0.3 is 0 Å². The highest BCUT2D eigenvalue weighted by molar-refractivity contribution is 6.08. The molecule has 2 heteroatoms. The van der Waals surface area contributed by atoms with Crippen molar-refractivity contribution in [1.82, 2.24) is 0 Å². The minimum Gasteiger partial charge on any atom is -0.299 e. The van der Waals surface area contributed by atoms with E-state index in [1.165, 1.54) is 94.6 Å². The van der Waals surface area contributed by atoms with Gasteiger partial charge in [-0.3, -0.25) is 9.59 Å². The Balaban J connectivity index is 1.40.